The summed E-state index contributed by atoms with van der Waals surface area (Å²) in [5.74, 6) is -0.550. The molecule has 3 rings (SSSR count). The van der Waals surface area contributed by atoms with E-state index in [1.807, 2.05) is 18.2 Å². The predicted molar refractivity (Wildman–Crippen MR) is 129 cm³/mol. The third-order valence-corrected chi connectivity index (χ3v) is 7.89. The van der Waals surface area contributed by atoms with Crippen molar-refractivity contribution in [2.24, 2.45) is 0 Å². The Kier molecular flexibility index (Phi) is 8.82. The van der Waals surface area contributed by atoms with Crippen LogP contribution in [0.4, 0.5) is 0 Å². The zero-order valence-electron chi connectivity index (χ0n) is 18.3. The van der Waals surface area contributed by atoms with Crippen molar-refractivity contribution < 1.29 is 9.47 Å². The lowest BCUT2D eigenvalue weighted by atomic mass is 9.96. The molecule has 7 heteroatoms. The number of likely N-dealkylation sites (N-methyl/N-ethyl adjacent to an activating group) is 1. The molecule has 1 aliphatic heterocycles. The van der Waals surface area contributed by atoms with Crippen LogP contribution in [-0.4, -0.2) is 66.5 Å². The van der Waals surface area contributed by atoms with Gasteiger partial charge in [-0.25, -0.2) is 0 Å². The van der Waals surface area contributed by atoms with Crippen LogP contribution in [0.3, 0.4) is 0 Å². The van der Waals surface area contributed by atoms with E-state index in [1.165, 1.54) is 25.9 Å². The summed E-state index contributed by atoms with van der Waals surface area (Å²) in [5.41, 5.74) is 1.09. The smallest absolute Gasteiger partial charge is 0.169 e. The van der Waals surface area contributed by atoms with Gasteiger partial charge in [0.15, 0.2) is 5.79 Å². The third kappa shape index (κ3) is 5.48. The van der Waals surface area contributed by atoms with Crippen LogP contribution < -0.4 is 0 Å². The molecule has 30 heavy (non-hydrogen) atoms. The van der Waals surface area contributed by atoms with Crippen LogP contribution in [0, 0.1) is 0 Å². The number of benzene rings is 1. The fourth-order valence-corrected chi connectivity index (χ4v) is 5.87. The molecule has 0 spiro atoms. The first-order chi connectivity index (χ1) is 14.4. The van der Waals surface area contributed by atoms with Gasteiger partial charge < -0.3 is 14.4 Å². The molecule has 2 atom stereocenters. The second-order valence-electron chi connectivity index (χ2n) is 8.40. The first kappa shape index (κ1) is 24.2. The van der Waals surface area contributed by atoms with Gasteiger partial charge in [-0.1, -0.05) is 41.5 Å². The Bertz CT molecular complexity index is 723. The van der Waals surface area contributed by atoms with Crippen molar-refractivity contribution in [2.75, 3.05) is 33.9 Å². The minimum atomic E-state index is -0.550. The monoisotopic (exact) mass is 472 g/mol. The van der Waals surface area contributed by atoms with E-state index in [-0.39, 0.29) is 6.04 Å². The molecule has 1 aliphatic carbocycles. The summed E-state index contributed by atoms with van der Waals surface area (Å²) in [6.07, 6.45) is 7.21. The zero-order chi connectivity index (χ0) is 21.7. The highest BCUT2D eigenvalue weighted by Gasteiger charge is 2.43. The highest BCUT2D eigenvalue weighted by atomic mass is 35.5. The number of likely N-dealkylation sites (tertiary alicyclic amines) is 1. The maximum Gasteiger partial charge on any atom is 0.169 e. The lowest BCUT2D eigenvalue weighted by Gasteiger charge is -2.44. The minimum absolute atomic E-state index is 0.255. The number of nitrogens with zero attached hydrogens (tertiary/aromatic N) is 2. The SMILES string of the molecule is CCN(C(=S)Cc1ccc(Cl)c(Cl)c1)C1CC(OC)(OC)CCCC1N1CCCC1. The lowest BCUT2D eigenvalue weighted by Crippen LogP contribution is -2.55. The first-order valence-corrected chi connectivity index (χ1v) is 12.2. The summed E-state index contributed by atoms with van der Waals surface area (Å²) in [5, 5.41) is 1.14. The summed E-state index contributed by atoms with van der Waals surface area (Å²) in [4.78, 5) is 6.00. The molecule has 1 aromatic rings. The van der Waals surface area contributed by atoms with Crippen LogP contribution in [0.2, 0.25) is 10.0 Å². The molecule has 2 aliphatic rings. The van der Waals surface area contributed by atoms with Crippen molar-refractivity contribution in [1.29, 1.82) is 0 Å². The van der Waals surface area contributed by atoms with E-state index in [1.54, 1.807) is 14.2 Å². The fraction of sp³-hybridized carbons (Fsp3) is 0.696. The van der Waals surface area contributed by atoms with Gasteiger partial charge in [-0.3, -0.25) is 4.90 Å². The van der Waals surface area contributed by atoms with Crippen molar-refractivity contribution in [3.8, 4) is 0 Å². The first-order valence-electron chi connectivity index (χ1n) is 11.0. The molecule has 1 aromatic carbocycles. The van der Waals surface area contributed by atoms with Crippen LogP contribution >= 0.6 is 35.4 Å². The quantitative estimate of drug-likeness (QED) is 0.293. The molecule has 4 nitrogen and oxygen atoms in total. The molecule has 2 unspecified atom stereocenters. The molecule has 168 valence electrons. The third-order valence-electron chi connectivity index (χ3n) is 6.78. The molecular weight excluding hydrogens is 439 g/mol. The normalized spacial score (nSPS) is 24.6. The number of ether oxygens (including phenoxy) is 2. The second-order valence-corrected chi connectivity index (χ2v) is 9.68. The summed E-state index contributed by atoms with van der Waals surface area (Å²) >= 11 is 18.3. The molecule has 0 amide bonds. The molecular formula is C23H34Cl2N2O2S. The van der Waals surface area contributed by atoms with E-state index in [0.29, 0.717) is 22.5 Å². The fourth-order valence-electron chi connectivity index (χ4n) is 5.12. The van der Waals surface area contributed by atoms with Gasteiger partial charge in [0.25, 0.3) is 0 Å². The molecule has 0 aromatic heterocycles. The molecule has 1 saturated carbocycles. The van der Waals surface area contributed by atoms with Crippen molar-refractivity contribution in [1.82, 2.24) is 9.80 Å². The van der Waals surface area contributed by atoms with E-state index >= 15 is 0 Å². The lowest BCUT2D eigenvalue weighted by molar-refractivity contribution is -0.219. The van der Waals surface area contributed by atoms with Crippen LogP contribution in [0.1, 0.15) is 51.0 Å². The van der Waals surface area contributed by atoms with Crippen LogP contribution in [0.15, 0.2) is 18.2 Å². The summed E-state index contributed by atoms with van der Waals surface area (Å²) in [6.45, 7) is 5.39. The maximum absolute atomic E-state index is 6.24. The summed E-state index contributed by atoms with van der Waals surface area (Å²) < 4.78 is 11.9. The van der Waals surface area contributed by atoms with E-state index in [2.05, 4.69) is 16.7 Å². The number of hydrogen-bond donors (Lipinski definition) is 0. The molecule has 0 bridgehead atoms. The highest BCUT2D eigenvalue weighted by molar-refractivity contribution is 7.80. The Morgan fingerprint density at radius 2 is 1.87 bits per heavy atom. The summed E-state index contributed by atoms with van der Waals surface area (Å²) in [7, 11) is 3.53. The van der Waals surface area contributed by atoms with Gasteiger partial charge in [0.05, 0.1) is 21.1 Å². The average Bonchev–Trinajstić information content (AvgIpc) is 3.20. The number of methoxy groups -OCH3 is 2. The number of thiocarbonyl (C=S) groups is 1. The topological polar surface area (TPSA) is 24.9 Å². The Morgan fingerprint density at radius 1 is 1.17 bits per heavy atom. The average molecular weight is 474 g/mol. The van der Waals surface area contributed by atoms with Gasteiger partial charge in [0.1, 0.15) is 0 Å². The summed E-state index contributed by atoms with van der Waals surface area (Å²) in [6, 6.07) is 6.49. The van der Waals surface area contributed by atoms with Crippen LogP contribution in [0.25, 0.3) is 0 Å². The number of rotatable bonds is 7. The van der Waals surface area contributed by atoms with Crippen molar-refractivity contribution in [2.45, 2.75) is 69.7 Å². The minimum Gasteiger partial charge on any atom is -0.361 e. The van der Waals surface area contributed by atoms with Crippen molar-refractivity contribution in [3.05, 3.63) is 33.8 Å². The van der Waals surface area contributed by atoms with E-state index < -0.39 is 5.79 Å². The Hall–Kier alpha value is -0.430. The van der Waals surface area contributed by atoms with Gasteiger partial charge in [-0.15, -0.1) is 0 Å². The Morgan fingerprint density at radius 3 is 2.47 bits per heavy atom. The van der Waals surface area contributed by atoms with Crippen LogP contribution in [0.5, 0.6) is 0 Å². The molecule has 1 saturated heterocycles. The molecule has 0 N–H and O–H groups in total. The van der Waals surface area contributed by atoms with Gasteiger partial charge in [0, 0.05) is 46.1 Å². The Balaban J connectivity index is 1.86. The largest absolute Gasteiger partial charge is 0.361 e. The maximum atomic E-state index is 6.24. The van der Waals surface area contributed by atoms with Crippen LogP contribution in [-0.2, 0) is 15.9 Å². The van der Waals surface area contributed by atoms with Gasteiger partial charge >= 0.3 is 0 Å². The standard InChI is InChI=1S/C23H34Cl2N2O2S/c1-4-27(22(30)15-17-9-10-18(24)19(25)14-17)21-16-23(28-2,29-3)11-7-8-20(21)26-12-5-6-13-26/h9-10,14,20-21H,4-8,11-13,15-16H2,1-3H3. The zero-order valence-corrected chi connectivity index (χ0v) is 20.7. The van der Waals surface area contributed by atoms with Gasteiger partial charge in [-0.05, 0) is 63.4 Å². The predicted octanol–water partition coefficient (Wildman–Crippen LogP) is 5.58. The van der Waals surface area contributed by atoms with E-state index in [9.17, 15) is 0 Å². The molecule has 0 radical (unpaired) electrons. The number of halogens is 2. The highest BCUT2D eigenvalue weighted by Crippen LogP contribution is 2.36. The van der Waals surface area contributed by atoms with Crippen molar-refractivity contribution in [3.63, 3.8) is 0 Å². The Labute approximate surface area is 196 Å². The van der Waals surface area contributed by atoms with E-state index in [0.717, 1.165) is 42.8 Å². The molecule has 1 heterocycles. The second kappa shape index (κ2) is 10.9. The van der Waals surface area contributed by atoms with Crippen molar-refractivity contribution >= 4 is 40.4 Å². The number of hydrogen-bond acceptors (Lipinski definition) is 4. The van der Waals surface area contributed by atoms with E-state index in [4.69, 9.17) is 44.9 Å². The van der Waals surface area contributed by atoms with Gasteiger partial charge in [-0.2, -0.15) is 0 Å². The molecule has 2 fully saturated rings. The van der Waals surface area contributed by atoms with Gasteiger partial charge in [0.2, 0.25) is 0 Å².